The predicted octanol–water partition coefficient (Wildman–Crippen LogP) is 5.25. The van der Waals surface area contributed by atoms with E-state index in [0.717, 1.165) is 19.8 Å². The largest absolute Gasteiger partial charge is 0.388 e. The van der Waals surface area contributed by atoms with Gasteiger partial charge >= 0.3 is 11.9 Å². The second-order valence-electron chi connectivity index (χ2n) is 8.78. The highest BCUT2D eigenvalue weighted by atomic mass is 79.9. The van der Waals surface area contributed by atoms with Crippen LogP contribution in [0.15, 0.2) is 64.5 Å². The normalized spacial score (nSPS) is 12.2. The highest BCUT2D eigenvalue weighted by Gasteiger charge is 2.30. The summed E-state index contributed by atoms with van der Waals surface area (Å²) in [6, 6.07) is 15.8. The molecule has 6 nitrogen and oxygen atoms in total. The van der Waals surface area contributed by atoms with Gasteiger partial charge in [0.15, 0.2) is 0 Å². The van der Waals surface area contributed by atoms with Crippen molar-refractivity contribution in [2.75, 3.05) is 0 Å². The van der Waals surface area contributed by atoms with Crippen molar-refractivity contribution in [3.63, 3.8) is 0 Å². The zero-order valence-electron chi connectivity index (χ0n) is 19.3. The quantitative estimate of drug-likeness (QED) is 0.261. The van der Waals surface area contributed by atoms with E-state index in [2.05, 4.69) is 21.2 Å². The van der Waals surface area contributed by atoms with E-state index in [1.807, 2.05) is 26.0 Å². The molecule has 3 aromatic rings. The number of hydrogen-bond donors (Lipinski definition) is 2. The van der Waals surface area contributed by atoms with Crippen LogP contribution >= 0.6 is 27.3 Å². The van der Waals surface area contributed by atoms with E-state index < -0.39 is 29.4 Å². The summed E-state index contributed by atoms with van der Waals surface area (Å²) in [5.74, 6) is -2.48. The minimum Gasteiger partial charge on any atom is -0.388 e. The van der Waals surface area contributed by atoms with Crippen LogP contribution in [0.5, 0.6) is 0 Å². The second-order valence-corrected chi connectivity index (χ2v) is 11.2. The number of thiophene rings is 1. The van der Waals surface area contributed by atoms with Gasteiger partial charge in [-0.25, -0.2) is 14.0 Å². The molecule has 0 aliphatic rings. The van der Waals surface area contributed by atoms with Crippen molar-refractivity contribution in [3.05, 3.63) is 81.4 Å². The Morgan fingerprint density at radius 1 is 1.06 bits per heavy atom. The molecule has 3 N–H and O–H groups in total. The number of esters is 2. The monoisotopic (exact) mass is 560 g/mol. The maximum Gasteiger partial charge on any atom is 0.345 e. The molecule has 0 radical (unpaired) electrons. The Kier molecular flexibility index (Phi) is 8.93. The molecule has 0 aliphatic heterocycles. The van der Waals surface area contributed by atoms with Crippen LogP contribution in [0.2, 0.25) is 0 Å². The Morgan fingerprint density at radius 3 is 2.29 bits per heavy atom. The molecular weight excluding hydrogens is 535 g/mol. The third kappa shape index (κ3) is 8.09. The van der Waals surface area contributed by atoms with Crippen LogP contribution in [0.4, 0.5) is 4.39 Å². The number of rotatable bonds is 10. The molecule has 1 atom stereocenters. The average Bonchev–Trinajstić information content (AvgIpc) is 3.24. The average molecular weight is 561 g/mol. The Morgan fingerprint density at radius 2 is 1.71 bits per heavy atom. The Labute approximate surface area is 215 Å². The van der Waals surface area contributed by atoms with Crippen molar-refractivity contribution < 1.29 is 23.5 Å². The molecule has 0 aliphatic carbocycles. The second kappa shape index (κ2) is 11.7. The fourth-order valence-corrected chi connectivity index (χ4v) is 5.02. The maximum absolute atomic E-state index is 13.2. The SMILES string of the molecule is CC(C)(Cc1ccc(F)cc1)N[C@@H](CCC(N)=O)C(=O)OC(=O)c1ccc(-c2ccc(Br)s2)cc1. The number of primary amides is 1. The van der Waals surface area contributed by atoms with Crippen LogP contribution in [0.1, 0.15) is 42.6 Å². The number of nitrogens with one attached hydrogen (secondary N) is 1. The topological polar surface area (TPSA) is 98.5 Å². The molecule has 1 amide bonds. The number of carbonyl (C=O) groups is 3. The maximum atomic E-state index is 13.2. The van der Waals surface area contributed by atoms with Crippen LogP contribution in [0, 0.1) is 5.82 Å². The number of hydrogen-bond acceptors (Lipinski definition) is 6. The van der Waals surface area contributed by atoms with E-state index in [1.54, 1.807) is 47.7 Å². The van der Waals surface area contributed by atoms with Gasteiger partial charge in [-0.3, -0.25) is 10.1 Å². The molecule has 9 heteroatoms. The summed E-state index contributed by atoms with van der Waals surface area (Å²) in [6.07, 6.45) is 0.487. The Bertz CT molecular complexity index is 1190. The summed E-state index contributed by atoms with van der Waals surface area (Å²) in [7, 11) is 0. The van der Waals surface area contributed by atoms with E-state index in [1.165, 1.54) is 12.1 Å². The molecule has 3 rings (SSSR count). The zero-order chi connectivity index (χ0) is 25.6. The lowest BCUT2D eigenvalue weighted by Gasteiger charge is -2.31. The van der Waals surface area contributed by atoms with Crippen LogP contribution < -0.4 is 11.1 Å². The number of amides is 1. The van der Waals surface area contributed by atoms with Crippen LogP contribution in [0.3, 0.4) is 0 Å². The fraction of sp³-hybridized carbons (Fsp3) is 0.269. The summed E-state index contributed by atoms with van der Waals surface area (Å²) in [5.41, 5.74) is 6.68. The van der Waals surface area contributed by atoms with Crippen molar-refractivity contribution in [2.24, 2.45) is 5.73 Å². The van der Waals surface area contributed by atoms with Gasteiger partial charge in [0.2, 0.25) is 5.91 Å². The van der Waals surface area contributed by atoms with E-state index in [9.17, 15) is 18.8 Å². The minimum absolute atomic E-state index is 0.0569. The Balaban J connectivity index is 1.68. The van der Waals surface area contributed by atoms with Gasteiger partial charge in [0, 0.05) is 16.8 Å². The van der Waals surface area contributed by atoms with Crippen molar-refractivity contribution in [1.29, 1.82) is 0 Å². The highest BCUT2D eigenvalue weighted by molar-refractivity contribution is 9.11. The van der Waals surface area contributed by atoms with Gasteiger partial charge in [0.05, 0.1) is 9.35 Å². The van der Waals surface area contributed by atoms with E-state index in [4.69, 9.17) is 10.5 Å². The molecule has 1 heterocycles. The fourth-order valence-electron chi connectivity index (χ4n) is 3.63. The summed E-state index contributed by atoms with van der Waals surface area (Å²) in [6.45, 7) is 3.73. The molecule has 184 valence electrons. The molecule has 0 saturated carbocycles. The first-order valence-electron chi connectivity index (χ1n) is 10.9. The van der Waals surface area contributed by atoms with Crippen molar-refractivity contribution >= 4 is 45.1 Å². The van der Waals surface area contributed by atoms with Gasteiger partial charge in [-0.15, -0.1) is 11.3 Å². The van der Waals surface area contributed by atoms with E-state index >= 15 is 0 Å². The summed E-state index contributed by atoms with van der Waals surface area (Å²) < 4.78 is 19.4. The van der Waals surface area contributed by atoms with Gasteiger partial charge < -0.3 is 10.5 Å². The molecule has 0 spiro atoms. The summed E-state index contributed by atoms with van der Waals surface area (Å²) in [4.78, 5) is 37.9. The summed E-state index contributed by atoms with van der Waals surface area (Å²) in [5, 5.41) is 3.17. The lowest BCUT2D eigenvalue weighted by atomic mass is 9.93. The molecular formula is C26H26BrFN2O4S. The van der Waals surface area contributed by atoms with Crippen molar-refractivity contribution in [3.8, 4) is 10.4 Å². The minimum atomic E-state index is -0.940. The molecule has 1 aromatic heterocycles. The van der Waals surface area contributed by atoms with Gasteiger partial charge in [-0.2, -0.15) is 0 Å². The number of ether oxygens (including phenoxy) is 1. The Hall–Kier alpha value is -2.88. The van der Waals surface area contributed by atoms with E-state index in [-0.39, 0.29) is 24.2 Å². The van der Waals surface area contributed by atoms with Gasteiger partial charge in [-0.05, 0) is 90.1 Å². The van der Waals surface area contributed by atoms with Crippen LogP contribution in [0.25, 0.3) is 10.4 Å². The number of halogens is 2. The molecule has 35 heavy (non-hydrogen) atoms. The smallest absolute Gasteiger partial charge is 0.345 e. The first-order valence-corrected chi connectivity index (χ1v) is 12.6. The predicted molar refractivity (Wildman–Crippen MR) is 137 cm³/mol. The third-order valence-electron chi connectivity index (χ3n) is 5.26. The number of carbonyl (C=O) groups excluding carboxylic acids is 3. The van der Waals surface area contributed by atoms with Crippen LogP contribution in [-0.2, 0) is 20.7 Å². The molecule has 0 bridgehead atoms. The highest BCUT2D eigenvalue weighted by Crippen LogP contribution is 2.31. The first-order chi connectivity index (χ1) is 16.5. The lowest BCUT2D eigenvalue weighted by Crippen LogP contribution is -2.51. The molecule has 0 saturated heterocycles. The third-order valence-corrected chi connectivity index (χ3v) is 6.93. The molecule has 2 aromatic carbocycles. The standard InChI is InChI=1S/C26H26BrFN2O4S/c1-26(2,15-16-3-9-19(28)10-4-16)30-20(11-14-23(29)31)25(33)34-24(32)18-7-5-17(6-8-18)21-12-13-22(27)35-21/h3-10,12-13,20,30H,11,14-15H2,1-2H3,(H2,29,31)/t20-/m0/s1. The van der Waals surface area contributed by atoms with E-state index in [0.29, 0.717) is 6.42 Å². The molecule has 0 fully saturated rings. The molecule has 0 unspecified atom stereocenters. The van der Waals surface area contributed by atoms with Crippen molar-refractivity contribution in [1.82, 2.24) is 5.32 Å². The lowest BCUT2D eigenvalue weighted by molar-refractivity contribution is -0.141. The van der Waals surface area contributed by atoms with Gasteiger partial charge in [0.25, 0.3) is 0 Å². The zero-order valence-corrected chi connectivity index (χ0v) is 21.7. The number of benzene rings is 2. The van der Waals surface area contributed by atoms with Gasteiger partial charge in [-0.1, -0.05) is 24.3 Å². The summed E-state index contributed by atoms with van der Waals surface area (Å²) >= 11 is 4.99. The first kappa shape index (κ1) is 26.7. The van der Waals surface area contributed by atoms with Crippen LogP contribution in [-0.4, -0.2) is 29.4 Å². The van der Waals surface area contributed by atoms with Crippen molar-refractivity contribution in [2.45, 2.75) is 44.7 Å². The van der Waals surface area contributed by atoms with Gasteiger partial charge in [0.1, 0.15) is 11.9 Å². The number of nitrogens with two attached hydrogens (primary N) is 1.